The summed E-state index contributed by atoms with van der Waals surface area (Å²) >= 11 is 0. The zero-order chi connectivity index (χ0) is 12.1. The van der Waals surface area contributed by atoms with E-state index in [2.05, 4.69) is 47.2 Å². The number of hydrogen-bond acceptors (Lipinski definition) is 2. The standard InChI is InChI=1S/C16H12N2/c1-10-14-8-11-4-2-3-5-12(11)16(14)13-6-7-17-9-15(13)18-10/h2-7,9H,8H2,1H3. The Bertz CT molecular complexity index is 775. The van der Waals surface area contributed by atoms with Crippen LogP contribution in [0.15, 0.2) is 42.7 Å². The van der Waals surface area contributed by atoms with Gasteiger partial charge in [0.25, 0.3) is 0 Å². The highest BCUT2D eigenvalue weighted by atomic mass is 14.7. The van der Waals surface area contributed by atoms with Crippen molar-refractivity contribution in [1.82, 2.24) is 9.97 Å². The largest absolute Gasteiger partial charge is 0.262 e. The Hall–Kier alpha value is -2.22. The minimum absolute atomic E-state index is 0.991. The van der Waals surface area contributed by atoms with Crippen LogP contribution in [-0.2, 0) is 6.42 Å². The molecule has 0 amide bonds. The lowest BCUT2D eigenvalue weighted by Crippen LogP contribution is -1.93. The lowest BCUT2D eigenvalue weighted by molar-refractivity contribution is 1.14. The molecular formula is C16H12N2. The van der Waals surface area contributed by atoms with E-state index in [4.69, 9.17) is 0 Å². The van der Waals surface area contributed by atoms with Gasteiger partial charge in [-0.15, -0.1) is 0 Å². The van der Waals surface area contributed by atoms with Gasteiger partial charge in [0, 0.05) is 23.7 Å². The van der Waals surface area contributed by atoms with Crippen molar-refractivity contribution in [2.24, 2.45) is 0 Å². The summed E-state index contributed by atoms with van der Waals surface area (Å²) in [6.45, 7) is 2.09. The number of hydrogen-bond donors (Lipinski definition) is 0. The van der Waals surface area contributed by atoms with Gasteiger partial charge >= 0.3 is 0 Å². The summed E-state index contributed by atoms with van der Waals surface area (Å²) in [7, 11) is 0. The quantitative estimate of drug-likeness (QED) is 0.463. The average Bonchev–Trinajstić information content (AvgIpc) is 2.79. The Morgan fingerprint density at radius 3 is 2.94 bits per heavy atom. The molecule has 2 heterocycles. The Labute approximate surface area is 105 Å². The molecule has 0 bridgehead atoms. The van der Waals surface area contributed by atoms with E-state index in [0.717, 1.165) is 17.6 Å². The van der Waals surface area contributed by atoms with Crippen molar-refractivity contribution in [3.63, 3.8) is 0 Å². The zero-order valence-corrected chi connectivity index (χ0v) is 10.1. The van der Waals surface area contributed by atoms with Crippen LogP contribution in [0.4, 0.5) is 0 Å². The monoisotopic (exact) mass is 232 g/mol. The molecule has 86 valence electrons. The first kappa shape index (κ1) is 9.77. The number of aryl methyl sites for hydroxylation is 1. The number of benzene rings is 1. The Balaban J connectivity index is 2.20. The first-order valence-corrected chi connectivity index (χ1v) is 6.16. The maximum absolute atomic E-state index is 4.67. The van der Waals surface area contributed by atoms with Crippen molar-refractivity contribution in [3.05, 3.63) is 59.5 Å². The van der Waals surface area contributed by atoms with Gasteiger partial charge < -0.3 is 0 Å². The molecule has 1 aromatic carbocycles. The zero-order valence-electron chi connectivity index (χ0n) is 10.1. The van der Waals surface area contributed by atoms with E-state index in [1.807, 2.05) is 12.4 Å². The van der Waals surface area contributed by atoms with E-state index >= 15 is 0 Å². The molecule has 2 heteroatoms. The second-order valence-corrected chi connectivity index (χ2v) is 4.78. The average molecular weight is 232 g/mol. The molecule has 0 fully saturated rings. The van der Waals surface area contributed by atoms with Gasteiger partial charge in [0.05, 0.1) is 11.7 Å². The van der Waals surface area contributed by atoms with E-state index < -0.39 is 0 Å². The molecule has 0 saturated carbocycles. The highest BCUT2D eigenvalue weighted by Crippen LogP contribution is 2.41. The third-order valence-corrected chi connectivity index (χ3v) is 3.75. The van der Waals surface area contributed by atoms with Gasteiger partial charge in [0.15, 0.2) is 0 Å². The van der Waals surface area contributed by atoms with Crippen molar-refractivity contribution in [1.29, 1.82) is 0 Å². The molecule has 0 aliphatic heterocycles. The van der Waals surface area contributed by atoms with Crippen LogP contribution in [0.1, 0.15) is 16.8 Å². The van der Waals surface area contributed by atoms with Crippen LogP contribution >= 0.6 is 0 Å². The van der Waals surface area contributed by atoms with Crippen molar-refractivity contribution < 1.29 is 0 Å². The molecule has 2 nitrogen and oxygen atoms in total. The van der Waals surface area contributed by atoms with Crippen molar-refractivity contribution in [3.8, 4) is 11.1 Å². The van der Waals surface area contributed by atoms with Gasteiger partial charge in [-0.05, 0) is 35.2 Å². The summed E-state index contributed by atoms with van der Waals surface area (Å²) in [6, 6.07) is 10.7. The van der Waals surface area contributed by atoms with Crippen LogP contribution in [-0.4, -0.2) is 9.97 Å². The molecule has 0 N–H and O–H groups in total. The fourth-order valence-electron chi connectivity index (χ4n) is 2.91. The topological polar surface area (TPSA) is 25.8 Å². The molecule has 4 rings (SSSR count). The summed E-state index contributed by atoms with van der Waals surface area (Å²) in [5.41, 5.74) is 7.61. The molecule has 0 atom stereocenters. The van der Waals surface area contributed by atoms with E-state index in [9.17, 15) is 0 Å². The molecule has 18 heavy (non-hydrogen) atoms. The lowest BCUT2D eigenvalue weighted by atomic mass is 10.0. The molecule has 0 saturated heterocycles. The van der Waals surface area contributed by atoms with Crippen LogP contribution < -0.4 is 0 Å². The predicted octanol–water partition coefficient (Wildman–Crippen LogP) is 3.51. The lowest BCUT2D eigenvalue weighted by Gasteiger charge is -2.08. The number of rotatable bonds is 0. The van der Waals surface area contributed by atoms with Crippen molar-refractivity contribution in [2.75, 3.05) is 0 Å². The number of pyridine rings is 2. The van der Waals surface area contributed by atoms with Crippen LogP contribution in [0.5, 0.6) is 0 Å². The predicted molar refractivity (Wildman–Crippen MR) is 72.5 cm³/mol. The first-order chi connectivity index (χ1) is 8.84. The fourth-order valence-corrected chi connectivity index (χ4v) is 2.91. The molecule has 3 aromatic rings. The molecule has 1 aliphatic rings. The molecular weight excluding hydrogens is 220 g/mol. The van der Waals surface area contributed by atoms with Gasteiger partial charge in [-0.1, -0.05) is 24.3 Å². The summed E-state index contributed by atoms with van der Waals surface area (Å²) in [5, 5.41) is 1.22. The minimum Gasteiger partial charge on any atom is -0.262 e. The third kappa shape index (κ3) is 1.17. The SMILES string of the molecule is Cc1nc2cnccc2c2c1Cc1ccccc1-2. The Morgan fingerprint density at radius 2 is 2.00 bits per heavy atom. The van der Waals surface area contributed by atoms with Crippen molar-refractivity contribution in [2.45, 2.75) is 13.3 Å². The van der Waals surface area contributed by atoms with E-state index in [1.165, 1.54) is 27.6 Å². The maximum atomic E-state index is 4.67. The molecule has 1 aliphatic carbocycles. The Morgan fingerprint density at radius 1 is 1.11 bits per heavy atom. The van der Waals surface area contributed by atoms with Crippen LogP contribution in [0.2, 0.25) is 0 Å². The second kappa shape index (κ2) is 3.39. The van der Waals surface area contributed by atoms with E-state index in [-0.39, 0.29) is 0 Å². The van der Waals surface area contributed by atoms with Gasteiger partial charge in [-0.3, -0.25) is 9.97 Å². The summed E-state index contributed by atoms with van der Waals surface area (Å²) in [5.74, 6) is 0. The third-order valence-electron chi connectivity index (χ3n) is 3.75. The van der Waals surface area contributed by atoms with Gasteiger partial charge in [-0.25, -0.2) is 0 Å². The van der Waals surface area contributed by atoms with Crippen LogP contribution in [0, 0.1) is 6.92 Å². The highest BCUT2D eigenvalue weighted by Gasteiger charge is 2.22. The first-order valence-electron chi connectivity index (χ1n) is 6.16. The van der Waals surface area contributed by atoms with Crippen LogP contribution in [0.25, 0.3) is 22.0 Å². The van der Waals surface area contributed by atoms with E-state index in [1.54, 1.807) is 0 Å². The number of nitrogens with zero attached hydrogens (tertiary/aromatic N) is 2. The molecule has 0 radical (unpaired) electrons. The number of aromatic nitrogens is 2. The smallest absolute Gasteiger partial charge is 0.0894 e. The maximum Gasteiger partial charge on any atom is 0.0894 e. The highest BCUT2D eigenvalue weighted by molar-refractivity contribution is 5.99. The van der Waals surface area contributed by atoms with Gasteiger partial charge in [0.2, 0.25) is 0 Å². The van der Waals surface area contributed by atoms with Gasteiger partial charge in [0.1, 0.15) is 0 Å². The Kier molecular flexibility index (Phi) is 1.84. The number of fused-ring (bicyclic) bond motifs is 5. The molecule has 0 unspecified atom stereocenters. The fraction of sp³-hybridized carbons (Fsp3) is 0.125. The van der Waals surface area contributed by atoms with Crippen LogP contribution in [0.3, 0.4) is 0 Å². The summed E-state index contributed by atoms with van der Waals surface area (Å²) < 4.78 is 0. The van der Waals surface area contributed by atoms with Crippen molar-refractivity contribution >= 4 is 10.9 Å². The normalized spacial score (nSPS) is 12.5. The summed E-state index contributed by atoms with van der Waals surface area (Å²) in [6.07, 6.45) is 4.70. The molecule has 2 aromatic heterocycles. The summed E-state index contributed by atoms with van der Waals surface area (Å²) in [4.78, 5) is 8.84. The van der Waals surface area contributed by atoms with Gasteiger partial charge in [-0.2, -0.15) is 0 Å². The minimum atomic E-state index is 0.991. The molecule has 0 spiro atoms. The second-order valence-electron chi connectivity index (χ2n) is 4.78. The van der Waals surface area contributed by atoms with E-state index in [0.29, 0.717) is 0 Å².